The van der Waals surface area contributed by atoms with E-state index in [1.807, 2.05) is 6.07 Å². The Morgan fingerprint density at radius 3 is 2.87 bits per heavy atom. The van der Waals surface area contributed by atoms with Crippen molar-refractivity contribution in [3.8, 4) is 0 Å². The molecule has 0 saturated carbocycles. The molecule has 1 aliphatic heterocycles. The normalized spacial score (nSPS) is 23.7. The molecular weight excluding hydrogens is 365 g/mol. The van der Waals surface area contributed by atoms with E-state index in [-0.39, 0.29) is 43.8 Å². The van der Waals surface area contributed by atoms with Gasteiger partial charge >= 0.3 is 37.7 Å². The summed E-state index contributed by atoms with van der Waals surface area (Å²) >= 11 is 12.4. The van der Waals surface area contributed by atoms with Gasteiger partial charge in [0.05, 0.1) is 17.7 Å². The SMILES string of the molecule is CCCC1COC(Cn2cncn2)(c2ccc(Cl)cc2Cl)O1.[CaH2]. The van der Waals surface area contributed by atoms with Crippen LogP contribution < -0.4 is 0 Å². The number of halogens is 2. The number of ether oxygens (including phenoxy) is 2. The zero-order valence-corrected chi connectivity index (χ0v) is 13.7. The minimum absolute atomic E-state index is 0. The third-order valence-corrected chi connectivity index (χ3v) is 4.20. The summed E-state index contributed by atoms with van der Waals surface area (Å²) in [6.45, 7) is 3.03. The Hall–Kier alpha value is 0.120. The molecule has 5 nitrogen and oxygen atoms in total. The van der Waals surface area contributed by atoms with Gasteiger partial charge in [-0.05, 0) is 18.6 Å². The van der Waals surface area contributed by atoms with Crippen molar-refractivity contribution in [2.45, 2.75) is 38.2 Å². The Kier molecular flexibility index (Phi) is 7.16. The molecule has 1 fully saturated rings. The molecule has 2 unspecified atom stereocenters. The monoisotopic (exact) mass is 383 g/mol. The van der Waals surface area contributed by atoms with E-state index in [1.54, 1.807) is 23.1 Å². The molecule has 0 radical (unpaired) electrons. The molecule has 0 bridgehead atoms. The summed E-state index contributed by atoms with van der Waals surface area (Å²) in [6, 6.07) is 5.32. The van der Waals surface area contributed by atoms with Crippen molar-refractivity contribution >= 4 is 60.9 Å². The van der Waals surface area contributed by atoms with E-state index in [0.29, 0.717) is 23.2 Å². The molecule has 2 aromatic rings. The van der Waals surface area contributed by atoms with Crippen LogP contribution >= 0.6 is 23.2 Å². The fourth-order valence-electron chi connectivity index (χ4n) is 2.66. The maximum absolute atomic E-state index is 6.37. The van der Waals surface area contributed by atoms with Crippen molar-refractivity contribution < 1.29 is 9.47 Å². The third kappa shape index (κ3) is 4.40. The molecule has 8 heteroatoms. The van der Waals surface area contributed by atoms with Crippen LogP contribution in [-0.2, 0) is 21.8 Å². The molecule has 23 heavy (non-hydrogen) atoms. The molecule has 2 atom stereocenters. The van der Waals surface area contributed by atoms with Gasteiger partial charge in [0, 0.05) is 10.6 Å². The summed E-state index contributed by atoms with van der Waals surface area (Å²) in [7, 11) is 0. The Balaban J connectivity index is 0.00000192. The van der Waals surface area contributed by atoms with Gasteiger partial charge in [-0.2, -0.15) is 5.10 Å². The zero-order chi connectivity index (χ0) is 15.6. The minimum atomic E-state index is -0.963. The van der Waals surface area contributed by atoms with Crippen molar-refractivity contribution in [3.05, 3.63) is 46.5 Å². The number of nitrogens with zero attached hydrogens (tertiary/aromatic N) is 3. The molecule has 0 N–H and O–H groups in total. The van der Waals surface area contributed by atoms with Gasteiger partial charge in [0.2, 0.25) is 5.79 Å². The van der Waals surface area contributed by atoms with Crippen LogP contribution in [0.1, 0.15) is 25.3 Å². The molecule has 2 heterocycles. The molecule has 0 spiro atoms. The first-order chi connectivity index (χ1) is 10.6. The average Bonchev–Trinajstić information content (AvgIpc) is 3.10. The van der Waals surface area contributed by atoms with E-state index < -0.39 is 5.79 Å². The number of aromatic nitrogens is 3. The van der Waals surface area contributed by atoms with E-state index in [0.717, 1.165) is 18.4 Å². The number of benzene rings is 1. The molecule has 0 amide bonds. The van der Waals surface area contributed by atoms with Gasteiger partial charge in [-0.1, -0.05) is 42.6 Å². The molecular formula is C15H19CaCl2N3O2. The molecule has 1 saturated heterocycles. The molecule has 1 aliphatic rings. The van der Waals surface area contributed by atoms with Crippen LogP contribution in [0.25, 0.3) is 0 Å². The summed E-state index contributed by atoms with van der Waals surface area (Å²) in [5.41, 5.74) is 0.757. The standard InChI is InChI=1S/C15H17Cl2N3O2.Ca.2H/c1-2-3-12-7-21-15(22-12,8-20-10-18-9-19-20)13-5-4-11(16)6-14(13)17;;;/h4-6,9-10,12H,2-3,7-8H2,1H3;;;. The number of rotatable bonds is 5. The first kappa shape index (κ1) is 19.4. The average molecular weight is 384 g/mol. The Morgan fingerprint density at radius 1 is 1.39 bits per heavy atom. The van der Waals surface area contributed by atoms with Crippen LogP contribution in [0.5, 0.6) is 0 Å². The van der Waals surface area contributed by atoms with E-state index in [4.69, 9.17) is 32.7 Å². The fourth-order valence-corrected chi connectivity index (χ4v) is 3.22. The van der Waals surface area contributed by atoms with Gasteiger partial charge < -0.3 is 9.47 Å². The molecule has 3 rings (SSSR count). The van der Waals surface area contributed by atoms with Gasteiger partial charge in [-0.15, -0.1) is 0 Å². The molecule has 1 aromatic heterocycles. The van der Waals surface area contributed by atoms with Crippen molar-refractivity contribution in [2.75, 3.05) is 6.61 Å². The second-order valence-electron chi connectivity index (χ2n) is 5.31. The van der Waals surface area contributed by atoms with Gasteiger partial charge in [0.25, 0.3) is 0 Å². The van der Waals surface area contributed by atoms with E-state index >= 15 is 0 Å². The Morgan fingerprint density at radius 2 is 2.22 bits per heavy atom. The maximum atomic E-state index is 6.37. The fraction of sp³-hybridized carbons (Fsp3) is 0.467. The van der Waals surface area contributed by atoms with Crippen LogP contribution in [-0.4, -0.2) is 65.2 Å². The number of hydrogen-bond acceptors (Lipinski definition) is 4. The summed E-state index contributed by atoms with van der Waals surface area (Å²) in [5, 5.41) is 5.24. The number of hydrogen-bond donors (Lipinski definition) is 0. The summed E-state index contributed by atoms with van der Waals surface area (Å²) in [4.78, 5) is 3.97. The van der Waals surface area contributed by atoms with Crippen molar-refractivity contribution in [2.24, 2.45) is 0 Å². The van der Waals surface area contributed by atoms with Crippen LogP contribution in [0, 0.1) is 0 Å². The van der Waals surface area contributed by atoms with Crippen LogP contribution in [0.15, 0.2) is 30.9 Å². The quantitative estimate of drug-likeness (QED) is 0.744. The third-order valence-electron chi connectivity index (χ3n) is 3.65. The first-order valence-electron chi connectivity index (χ1n) is 7.22. The Labute approximate surface area is 175 Å². The van der Waals surface area contributed by atoms with Gasteiger partial charge in [-0.3, -0.25) is 0 Å². The van der Waals surface area contributed by atoms with E-state index in [2.05, 4.69) is 17.0 Å². The summed E-state index contributed by atoms with van der Waals surface area (Å²) in [6.07, 6.45) is 5.12. The van der Waals surface area contributed by atoms with Gasteiger partial charge in [0.15, 0.2) is 0 Å². The predicted molar refractivity (Wildman–Crippen MR) is 92.4 cm³/mol. The topological polar surface area (TPSA) is 49.2 Å². The zero-order valence-electron chi connectivity index (χ0n) is 12.2. The van der Waals surface area contributed by atoms with E-state index in [1.165, 1.54) is 6.33 Å². The van der Waals surface area contributed by atoms with Crippen molar-refractivity contribution in [1.29, 1.82) is 0 Å². The Bertz CT molecular complexity index is 642. The molecule has 0 aliphatic carbocycles. The second-order valence-corrected chi connectivity index (χ2v) is 6.15. The van der Waals surface area contributed by atoms with Crippen LogP contribution in [0.4, 0.5) is 0 Å². The van der Waals surface area contributed by atoms with Gasteiger partial charge in [0.1, 0.15) is 19.2 Å². The summed E-state index contributed by atoms with van der Waals surface area (Å²) < 4.78 is 14.0. The van der Waals surface area contributed by atoms with E-state index in [9.17, 15) is 0 Å². The van der Waals surface area contributed by atoms with Crippen LogP contribution in [0.2, 0.25) is 10.0 Å². The molecule has 1 aromatic carbocycles. The van der Waals surface area contributed by atoms with Gasteiger partial charge in [-0.25, -0.2) is 9.67 Å². The second kappa shape index (κ2) is 8.48. The predicted octanol–water partition coefficient (Wildman–Crippen LogP) is 2.74. The van der Waals surface area contributed by atoms with Crippen LogP contribution in [0.3, 0.4) is 0 Å². The summed E-state index contributed by atoms with van der Waals surface area (Å²) in [5.74, 6) is -0.963. The molecule has 122 valence electrons. The van der Waals surface area contributed by atoms with Crippen molar-refractivity contribution in [1.82, 2.24) is 14.8 Å². The first-order valence-corrected chi connectivity index (χ1v) is 7.98. The van der Waals surface area contributed by atoms with Crippen molar-refractivity contribution in [3.63, 3.8) is 0 Å².